The summed E-state index contributed by atoms with van der Waals surface area (Å²) in [4.78, 5) is 22.4. The van der Waals surface area contributed by atoms with Gasteiger partial charge in [0.05, 0.1) is 37.9 Å². The van der Waals surface area contributed by atoms with E-state index in [0.717, 1.165) is 44.9 Å². The van der Waals surface area contributed by atoms with Crippen molar-refractivity contribution in [3.63, 3.8) is 0 Å². The fourth-order valence-corrected chi connectivity index (χ4v) is 4.38. The molecule has 0 saturated heterocycles. The highest BCUT2D eigenvalue weighted by molar-refractivity contribution is 7.47. The third-order valence-electron chi connectivity index (χ3n) is 5.89. The minimum absolute atomic E-state index is 0.0362. The van der Waals surface area contributed by atoms with Crippen LogP contribution < -0.4 is 11.1 Å². The lowest BCUT2D eigenvalue weighted by atomic mass is 10.1. The molecule has 40 heavy (non-hydrogen) atoms. The van der Waals surface area contributed by atoms with Gasteiger partial charge in [0, 0.05) is 6.54 Å². The van der Waals surface area contributed by atoms with Crippen LogP contribution in [-0.4, -0.2) is 59.0 Å². The van der Waals surface area contributed by atoms with Crippen LogP contribution in [0.2, 0.25) is 0 Å². The second kappa shape index (κ2) is 26.3. The molecule has 0 radical (unpaired) electrons. The molecule has 0 aromatic heterocycles. The Hall–Kier alpha value is -1.58. The number of amides is 1. The first-order valence-corrected chi connectivity index (χ1v) is 16.3. The van der Waals surface area contributed by atoms with Gasteiger partial charge in [0.25, 0.3) is 0 Å². The summed E-state index contributed by atoms with van der Waals surface area (Å²) >= 11 is 0. The van der Waals surface area contributed by atoms with E-state index in [4.69, 9.17) is 14.8 Å². The highest BCUT2D eigenvalue weighted by Crippen LogP contribution is 2.43. The van der Waals surface area contributed by atoms with Gasteiger partial charge in [-0.3, -0.25) is 13.8 Å². The second-order valence-corrected chi connectivity index (χ2v) is 11.2. The predicted octanol–water partition coefficient (Wildman–Crippen LogP) is 5.62. The number of nitrogens with one attached hydrogen (secondary N) is 1. The fraction of sp³-hybridized carbons (Fsp3) is 0.700. The van der Waals surface area contributed by atoms with Crippen LogP contribution in [0.25, 0.3) is 0 Å². The normalized spacial score (nSPS) is 16.2. The first-order valence-electron chi connectivity index (χ1n) is 14.8. The molecule has 0 heterocycles. The highest BCUT2D eigenvalue weighted by Gasteiger charge is 2.27. The van der Waals surface area contributed by atoms with Gasteiger partial charge in [-0.2, -0.15) is 0 Å². The number of phosphoric acid groups is 1. The third kappa shape index (κ3) is 24.2. The van der Waals surface area contributed by atoms with Gasteiger partial charge in [-0.25, -0.2) is 4.57 Å². The molecule has 0 fully saturated rings. The van der Waals surface area contributed by atoms with Gasteiger partial charge in [-0.15, -0.1) is 0 Å². The minimum Gasteiger partial charge on any atom is -0.392 e. The quantitative estimate of drug-likeness (QED) is 0.0498. The average molecular weight is 587 g/mol. The Morgan fingerprint density at radius 2 is 1.48 bits per heavy atom. The van der Waals surface area contributed by atoms with Gasteiger partial charge in [0.2, 0.25) is 5.91 Å². The van der Waals surface area contributed by atoms with Gasteiger partial charge in [0.15, 0.2) is 0 Å². The molecule has 9 nitrogen and oxygen atoms in total. The number of phosphoric ester groups is 1. The molecular formula is C30H55N2O7P. The summed E-state index contributed by atoms with van der Waals surface area (Å²) in [6.45, 7) is 3.72. The van der Waals surface area contributed by atoms with Crippen molar-refractivity contribution < 1.29 is 33.5 Å². The third-order valence-corrected chi connectivity index (χ3v) is 6.87. The summed E-state index contributed by atoms with van der Waals surface area (Å²) in [5.41, 5.74) is 5.30. The molecule has 0 aliphatic rings. The SMILES string of the molecule is CCC/C=C/CC/C=C/CC/C=C/C(O)C(COP(=O)(O)OCCN)NC(=O)CC(O)C/C=C\CCCCCC. The summed E-state index contributed by atoms with van der Waals surface area (Å²) in [5.74, 6) is -0.503. The first kappa shape index (κ1) is 38.4. The molecule has 0 spiro atoms. The lowest BCUT2D eigenvalue weighted by Gasteiger charge is -2.23. The van der Waals surface area contributed by atoms with Crippen molar-refractivity contribution in [2.75, 3.05) is 19.8 Å². The Balaban J connectivity index is 4.79. The number of hydrogen-bond acceptors (Lipinski definition) is 7. The molecule has 232 valence electrons. The van der Waals surface area contributed by atoms with E-state index in [1.54, 1.807) is 6.08 Å². The van der Waals surface area contributed by atoms with Gasteiger partial charge in [-0.1, -0.05) is 88.1 Å². The molecule has 0 aliphatic carbocycles. The lowest BCUT2D eigenvalue weighted by molar-refractivity contribution is -0.124. The topological polar surface area (TPSA) is 151 Å². The van der Waals surface area contributed by atoms with E-state index in [2.05, 4.69) is 43.5 Å². The fourth-order valence-electron chi connectivity index (χ4n) is 3.62. The summed E-state index contributed by atoms with van der Waals surface area (Å²) in [7, 11) is -4.40. The van der Waals surface area contributed by atoms with Crippen molar-refractivity contribution in [3.05, 3.63) is 48.6 Å². The number of rotatable bonds is 26. The maximum Gasteiger partial charge on any atom is 0.472 e. The standard InChI is InChI=1S/C30H55N2O7P/c1-3-5-7-9-11-12-13-14-16-18-20-22-29(34)28(26-39-40(36,37)38-24-23-31)32-30(35)25-27(33)21-19-17-15-10-8-6-4-2/h7,9,13-14,17,19-20,22,27-29,33-34H,3-6,8,10-12,15-16,18,21,23-26,31H2,1-2H3,(H,32,35)(H,36,37)/b9-7+,14-13+,19-17-,22-20+. The number of carbonyl (C=O) groups excluding carboxylic acids is 1. The number of aliphatic hydroxyl groups excluding tert-OH is 2. The van der Waals surface area contributed by atoms with Crippen molar-refractivity contribution in [1.82, 2.24) is 5.32 Å². The monoisotopic (exact) mass is 586 g/mol. The number of hydrogen-bond donors (Lipinski definition) is 5. The number of allylic oxidation sites excluding steroid dienone is 6. The molecule has 10 heteroatoms. The van der Waals surface area contributed by atoms with Crippen LogP contribution in [0.5, 0.6) is 0 Å². The summed E-state index contributed by atoms with van der Waals surface area (Å²) in [6.07, 6.45) is 25.3. The lowest BCUT2D eigenvalue weighted by Crippen LogP contribution is -2.46. The number of carbonyl (C=O) groups is 1. The van der Waals surface area contributed by atoms with Gasteiger partial charge in [0.1, 0.15) is 0 Å². The number of unbranched alkanes of at least 4 members (excludes halogenated alkanes) is 7. The van der Waals surface area contributed by atoms with E-state index >= 15 is 0 Å². The molecule has 4 unspecified atom stereocenters. The number of aliphatic hydroxyl groups is 2. The van der Waals surface area contributed by atoms with Crippen LogP contribution in [0.4, 0.5) is 0 Å². The molecule has 0 aromatic rings. The van der Waals surface area contributed by atoms with E-state index in [9.17, 15) is 24.5 Å². The zero-order valence-corrected chi connectivity index (χ0v) is 25.6. The van der Waals surface area contributed by atoms with Crippen LogP contribution in [-0.2, 0) is 18.4 Å². The average Bonchev–Trinajstić information content (AvgIpc) is 2.92. The molecule has 0 aliphatic heterocycles. The van der Waals surface area contributed by atoms with Crippen LogP contribution in [0.3, 0.4) is 0 Å². The van der Waals surface area contributed by atoms with Crippen molar-refractivity contribution in [3.8, 4) is 0 Å². The molecule has 0 bridgehead atoms. The van der Waals surface area contributed by atoms with Gasteiger partial charge in [-0.05, 0) is 51.4 Å². The first-order chi connectivity index (χ1) is 19.3. The minimum atomic E-state index is -4.40. The Bertz CT molecular complexity index is 786. The maximum absolute atomic E-state index is 12.6. The Morgan fingerprint density at radius 1 is 0.850 bits per heavy atom. The van der Waals surface area contributed by atoms with Crippen LogP contribution in [0, 0.1) is 0 Å². The molecule has 0 rings (SSSR count). The van der Waals surface area contributed by atoms with Gasteiger partial charge < -0.3 is 26.2 Å². The van der Waals surface area contributed by atoms with Crippen LogP contribution >= 0.6 is 7.82 Å². The van der Waals surface area contributed by atoms with E-state index in [1.807, 2.05) is 12.2 Å². The van der Waals surface area contributed by atoms with Crippen LogP contribution in [0.15, 0.2) is 48.6 Å². The van der Waals surface area contributed by atoms with E-state index in [0.29, 0.717) is 12.8 Å². The smallest absolute Gasteiger partial charge is 0.392 e. The molecule has 1 amide bonds. The maximum atomic E-state index is 12.6. The van der Waals surface area contributed by atoms with E-state index in [-0.39, 0.29) is 19.6 Å². The van der Waals surface area contributed by atoms with E-state index in [1.165, 1.54) is 25.3 Å². The molecule has 6 N–H and O–H groups in total. The second-order valence-electron chi connectivity index (χ2n) is 9.78. The number of nitrogens with two attached hydrogens (primary N) is 1. The molecule has 4 atom stereocenters. The zero-order valence-electron chi connectivity index (χ0n) is 24.7. The van der Waals surface area contributed by atoms with Gasteiger partial charge >= 0.3 is 7.82 Å². The molecular weight excluding hydrogens is 531 g/mol. The highest BCUT2D eigenvalue weighted by atomic mass is 31.2. The van der Waals surface area contributed by atoms with Crippen molar-refractivity contribution >= 4 is 13.7 Å². The zero-order chi connectivity index (χ0) is 29.9. The summed E-state index contributed by atoms with van der Waals surface area (Å²) in [5, 5.41) is 23.5. The van der Waals surface area contributed by atoms with Crippen LogP contribution in [0.1, 0.15) is 97.3 Å². The predicted molar refractivity (Wildman–Crippen MR) is 163 cm³/mol. The van der Waals surface area contributed by atoms with Crippen molar-refractivity contribution in [2.24, 2.45) is 5.73 Å². The van der Waals surface area contributed by atoms with Crippen molar-refractivity contribution in [2.45, 2.75) is 116 Å². The van der Waals surface area contributed by atoms with Crippen molar-refractivity contribution in [1.29, 1.82) is 0 Å². The largest absolute Gasteiger partial charge is 0.472 e. The Kier molecular flexibility index (Phi) is 25.3. The molecule has 0 saturated carbocycles. The summed E-state index contributed by atoms with van der Waals surface area (Å²) in [6, 6.07) is -1.02. The Labute approximate surface area is 242 Å². The Morgan fingerprint density at radius 3 is 2.10 bits per heavy atom. The van der Waals surface area contributed by atoms with E-state index < -0.39 is 38.6 Å². The molecule has 0 aromatic carbocycles. The summed E-state index contributed by atoms with van der Waals surface area (Å²) < 4.78 is 21.7.